The van der Waals surface area contributed by atoms with E-state index >= 15 is 0 Å². The number of anilines is 2. The van der Waals surface area contributed by atoms with Gasteiger partial charge in [0.2, 0.25) is 0 Å². The monoisotopic (exact) mass is 438 g/mol. The second-order valence-corrected chi connectivity index (χ2v) is 9.29. The van der Waals surface area contributed by atoms with Crippen molar-refractivity contribution in [2.24, 2.45) is 0 Å². The summed E-state index contributed by atoms with van der Waals surface area (Å²) in [6, 6.07) is 17.1. The summed E-state index contributed by atoms with van der Waals surface area (Å²) < 4.78 is 33.0. The van der Waals surface area contributed by atoms with Crippen LogP contribution in [0.2, 0.25) is 0 Å². The molecule has 1 amide bonds. The summed E-state index contributed by atoms with van der Waals surface area (Å²) in [6.45, 7) is 5.68. The van der Waals surface area contributed by atoms with Crippen LogP contribution in [0.5, 0.6) is 5.75 Å². The van der Waals surface area contributed by atoms with Crippen LogP contribution in [0, 0.1) is 20.8 Å². The molecule has 3 aromatic rings. The lowest BCUT2D eigenvalue weighted by Gasteiger charge is -2.22. The summed E-state index contributed by atoms with van der Waals surface area (Å²) in [5, 5.41) is 2.90. The number of sulfonamides is 1. The van der Waals surface area contributed by atoms with Crippen LogP contribution in [0.25, 0.3) is 0 Å². The van der Waals surface area contributed by atoms with Crippen LogP contribution in [0.15, 0.2) is 65.6 Å². The average Bonchev–Trinajstić information content (AvgIpc) is 2.76. The maximum atomic E-state index is 13.3. The third kappa shape index (κ3) is 4.41. The average molecular weight is 439 g/mol. The molecule has 162 valence electrons. The maximum Gasteiger partial charge on any atom is 0.264 e. The molecule has 0 atom stereocenters. The standard InChI is InChI=1S/C24H26N2O4S/c1-16-9-8-10-21(18(16)3)25-24(27)20-15-19(14-13-17(20)2)31(28,29)26(4)22-11-6-7-12-23(22)30-5/h6-15H,1-5H3,(H,25,27). The Bertz CT molecular complexity index is 1240. The van der Waals surface area contributed by atoms with Gasteiger partial charge in [-0.3, -0.25) is 9.10 Å². The fourth-order valence-corrected chi connectivity index (χ4v) is 4.49. The van der Waals surface area contributed by atoms with E-state index in [0.29, 0.717) is 28.3 Å². The fraction of sp³-hybridized carbons (Fsp3) is 0.208. The SMILES string of the molecule is COc1ccccc1N(C)S(=O)(=O)c1ccc(C)c(C(=O)Nc2cccc(C)c2C)c1. The van der Waals surface area contributed by atoms with Crippen LogP contribution in [-0.2, 0) is 10.0 Å². The van der Waals surface area contributed by atoms with Crippen LogP contribution in [-0.4, -0.2) is 28.5 Å². The predicted octanol–water partition coefficient (Wildman–Crippen LogP) is 4.70. The lowest BCUT2D eigenvalue weighted by atomic mass is 10.1. The van der Waals surface area contributed by atoms with Crippen molar-refractivity contribution in [2.45, 2.75) is 25.7 Å². The topological polar surface area (TPSA) is 75.7 Å². The largest absolute Gasteiger partial charge is 0.495 e. The maximum absolute atomic E-state index is 13.3. The van der Waals surface area contributed by atoms with E-state index in [9.17, 15) is 13.2 Å². The fourth-order valence-electron chi connectivity index (χ4n) is 3.26. The number of nitrogens with one attached hydrogen (secondary N) is 1. The first-order valence-corrected chi connectivity index (χ1v) is 11.2. The smallest absolute Gasteiger partial charge is 0.264 e. The third-order valence-corrected chi connectivity index (χ3v) is 7.16. The van der Waals surface area contributed by atoms with E-state index in [-0.39, 0.29) is 10.8 Å². The number of carbonyl (C=O) groups is 1. The Morgan fingerprint density at radius 3 is 2.35 bits per heavy atom. The van der Waals surface area contributed by atoms with Crippen molar-refractivity contribution in [3.05, 3.63) is 82.9 Å². The number of carbonyl (C=O) groups excluding carboxylic acids is 1. The highest BCUT2D eigenvalue weighted by Crippen LogP contribution is 2.31. The van der Waals surface area contributed by atoms with Gasteiger partial charge in [-0.25, -0.2) is 8.42 Å². The van der Waals surface area contributed by atoms with Crippen LogP contribution >= 0.6 is 0 Å². The summed E-state index contributed by atoms with van der Waals surface area (Å²) in [5.74, 6) is 0.0803. The highest BCUT2D eigenvalue weighted by Gasteiger charge is 2.25. The van der Waals surface area contributed by atoms with Crippen LogP contribution in [0.1, 0.15) is 27.0 Å². The molecular formula is C24H26N2O4S. The summed E-state index contributed by atoms with van der Waals surface area (Å²) >= 11 is 0. The molecule has 0 heterocycles. The van der Waals surface area contributed by atoms with Gasteiger partial charge in [-0.05, 0) is 67.8 Å². The first-order chi connectivity index (χ1) is 14.7. The van der Waals surface area contributed by atoms with Crippen LogP contribution in [0.3, 0.4) is 0 Å². The molecule has 3 aromatic carbocycles. The molecule has 3 rings (SSSR count). The summed E-state index contributed by atoms with van der Waals surface area (Å²) in [5.41, 5.74) is 4.12. The molecule has 0 aromatic heterocycles. The van der Waals surface area contributed by atoms with Crippen molar-refractivity contribution in [3.8, 4) is 5.75 Å². The Morgan fingerprint density at radius 2 is 1.65 bits per heavy atom. The quantitative estimate of drug-likeness (QED) is 0.605. The molecule has 1 N–H and O–H groups in total. The number of ether oxygens (including phenoxy) is 1. The number of benzene rings is 3. The minimum Gasteiger partial charge on any atom is -0.495 e. The molecule has 31 heavy (non-hydrogen) atoms. The van der Waals surface area contributed by atoms with Gasteiger partial charge in [0.1, 0.15) is 5.75 Å². The van der Waals surface area contributed by atoms with Crippen molar-refractivity contribution in [2.75, 3.05) is 23.8 Å². The number of rotatable bonds is 6. The van der Waals surface area contributed by atoms with Gasteiger partial charge in [-0.15, -0.1) is 0 Å². The molecule has 0 spiro atoms. The normalized spacial score (nSPS) is 11.1. The Kier molecular flexibility index (Phi) is 6.36. The highest BCUT2D eigenvalue weighted by molar-refractivity contribution is 7.92. The zero-order valence-electron chi connectivity index (χ0n) is 18.3. The first kappa shape index (κ1) is 22.4. The predicted molar refractivity (Wildman–Crippen MR) is 124 cm³/mol. The number of hydrogen-bond acceptors (Lipinski definition) is 4. The van der Waals surface area contributed by atoms with E-state index in [1.807, 2.05) is 32.0 Å². The third-order valence-electron chi connectivity index (χ3n) is 5.39. The highest BCUT2D eigenvalue weighted by atomic mass is 32.2. The summed E-state index contributed by atoms with van der Waals surface area (Å²) in [7, 11) is -0.964. The molecule has 0 fully saturated rings. The van der Waals surface area contributed by atoms with Crippen molar-refractivity contribution in [1.82, 2.24) is 0 Å². The van der Waals surface area contributed by atoms with Gasteiger partial charge in [0.15, 0.2) is 0 Å². The minimum absolute atomic E-state index is 0.0256. The number of nitrogens with zero attached hydrogens (tertiary/aromatic N) is 1. The van der Waals surface area contributed by atoms with Crippen molar-refractivity contribution in [1.29, 1.82) is 0 Å². The lowest BCUT2D eigenvalue weighted by molar-refractivity contribution is 0.102. The van der Waals surface area contributed by atoms with Gasteiger partial charge < -0.3 is 10.1 Å². The Labute approximate surface area is 183 Å². The van der Waals surface area contributed by atoms with Gasteiger partial charge in [-0.1, -0.05) is 30.3 Å². The Hall–Kier alpha value is -3.32. The van der Waals surface area contributed by atoms with E-state index in [1.54, 1.807) is 37.3 Å². The van der Waals surface area contributed by atoms with Gasteiger partial charge in [-0.2, -0.15) is 0 Å². The molecule has 6 nitrogen and oxygen atoms in total. The van der Waals surface area contributed by atoms with Crippen molar-refractivity contribution < 1.29 is 17.9 Å². The van der Waals surface area contributed by atoms with Crippen LogP contribution < -0.4 is 14.4 Å². The molecule has 0 bridgehead atoms. The zero-order valence-corrected chi connectivity index (χ0v) is 19.1. The number of methoxy groups -OCH3 is 1. The van der Waals surface area contributed by atoms with E-state index in [1.165, 1.54) is 26.3 Å². The molecular weight excluding hydrogens is 412 g/mol. The summed E-state index contributed by atoms with van der Waals surface area (Å²) in [4.78, 5) is 13.0. The second-order valence-electron chi connectivity index (χ2n) is 7.32. The molecule has 7 heteroatoms. The zero-order chi connectivity index (χ0) is 22.8. The minimum atomic E-state index is -3.91. The molecule has 0 aliphatic carbocycles. The number of para-hydroxylation sites is 2. The van der Waals surface area contributed by atoms with E-state index in [0.717, 1.165) is 15.4 Å². The Morgan fingerprint density at radius 1 is 0.935 bits per heavy atom. The molecule has 0 saturated heterocycles. The van der Waals surface area contributed by atoms with E-state index in [2.05, 4.69) is 5.32 Å². The van der Waals surface area contributed by atoms with Crippen LogP contribution in [0.4, 0.5) is 11.4 Å². The van der Waals surface area contributed by atoms with E-state index in [4.69, 9.17) is 4.74 Å². The Balaban J connectivity index is 1.98. The van der Waals surface area contributed by atoms with Gasteiger partial charge in [0.05, 0.1) is 17.7 Å². The van der Waals surface area contributed by atoms with E-state index < -0.39 is 10.0 Å². The molecule has 0 aliphatic heterocycles. The van der Waals surface area contributed by atoms with Gasteiger partial charge in [0, 0.05) is 18.3 Å². The molecule has 0 saturated carbocycles. The summed E-state index contributed by atoms with van der Waals surface area (Å²) in [6.07, 6.45) is 0. The molecule has 0 unspecified atom stereocenters. The van der Waals surface area contributed by atoms with Crippen molar-refractivity contribution >= 4 is 27.3 Å². The molecule has 0 radical (unpaired) electrons. The number of aryl methyl sites for hydroxylation is 2. The molecule has 0 aliphatic rings. The number of hydrogen-bond donors (Lipinski definition) is 1. The first-order valence-electron chi connectivity index (χ1n) is 9.77. The number of amides is 1. The van der Waals surface area contributed by atoms with Crippen molar-refractivity contribution in [3.63, 3.8) is 0 Å². The van der Waals surface area contributed by atoms with Gasteiger partial charge in [0.25, 0.3) is 15.9 Å². The lowest BCUT2D eigenvalue weighted by Crippen LogP contribution is -2.27. The van der Waals surface area contributed by atoms with Gasteiger partial charge >= 0.3 is 0 Å². The second kappa shape index (κ2) is 8.81.